The Balaban J connectivity index is 1.36. The van der Waals surface area contributed by atoms with Gasteiger partial charge in [0, 0.05) is 11.3 Å². The highest BCUT2D eigenvalue weighted by molar-refractivity contribution is 7.17. The van der Waals surface area contributed by atoms with Crippen molar-refractivity contribution in [3.05, 3.63) is 75.7 Å². The van der Waals surface area contributed by atoms with Gasteiger partial charge in [-0.3, -0.25) is 14.5 Å². The number of carbonyl (C=O) groups excluding carboxylic acids is 4. The van der Waals surface area contributed by atoms with Gasteiger partial charge in [-0.15, -0.1) is 11.3 Å². The number of amides is 4. The molecule has 2 aromatic carbocycles. The van der Waals surface area contributed by atoms with Crippen molar-refractivity contribution in [3.63, 3.8) is 0 Å². The van der Waals surface area contributed by atoms with E-state index in [4.69, 9.17) is 14.2 Å². The molecule has 2 aliphatic rings. The third-order valence-corrected chi connectivity index (χ3v) is 7.91. The van der Waals surface area contributed by atoms with Gasteiger partial charge >= 0.3 is 12.0 Å². The van der Waals surface area contributed by atoms with Crippen molar-refractivity contribution in [2.45, 2.75) is 32.7 Å². The minimum atomic E-state index is -1.29. The highest BCUT2D eigenvalue weighted by atomic mass is 32.1. The van der Waals surface area contributed by atoms with Crippen molar-refractivity contribution >= 4 is 40.2 Å². The van der Waals surface area contributed by atoms with Crippen LogP contribution in [0.25, 0.3) is 0 Å². The highest BCUT2D eigenvalue weighted by Crippen LogP contribution is 2.38. The molecule has 10 nitrogen and oxygen atoms in total. The molecule has 0 radical (unpaired) electrons. The third-order valence-electron chi connectivity index (χ3n) is 6.71. The van der Waals surface area contributed by atoms with Crippen molar-refractivity contribution in [1.29, 1.82) is 0 Å². The predicted octanol–water partition coefficient (Wildman–Crippen LogP) is 3.96. The molecular weight excluding hydrogens is 522 g/mol. The molecule has 11 heteroatoms. The molecule has 0 aliphatic carbocycles. The monoisotopic (exact) mass is 549 g/mol. The van der Waals surface area contributed by atoms with Crippen LogP contribution in [0.4, 0.5) is 9.80 Å². The molecule has 3 aromatic rings. The Morgan fingerprint density at radius 2 is 1.87 bits per heavy atom. The number of anilines is 1. The fourth-order valence-corrected chi connectivity index (χ4v) is 5.86. The second-order valence-corrected chi connectivity index (χ2v) is 10.4. The molecule has 2 N–H and O–H groups in total. The number of benzene rings is 2. The Labute approximate surface area is 228 Å². The van der Waals surface area contributed by atoms with Crippen LogP contribution >= 0.6 is 11.3 Å². The van der Waals surface area contributed by atoms with E-state index in [0.717, 1.165) is 15.3 Å². The number of nitrogens with one attached hydrogen (secondary N) is 2. The van der Waals surface area contributed by atoms with E-state index in [-0.39, 0.29) is 19.0 Å². The second-order valence-electron chi connectivity index (χ2n) is 9.30. The topological polar surface area (TPSA) is 123 Å². The van der Waals surface area contributed by atoms with Crippen molar-refractivity contribution in [2.24, 2.45) is 0 Å². The molecule has 202 valence electrons. The van der Waals surface area contributed by atoms with Crippen LogP contribution < -0.4 is 20.1 Å². The number of fused-ring (bicyclic) bond motifs is 1. The van der Waals surface area contributed by atoms with E-state index < -0.39 is 35.9 Å². The van der Waals surface area contributed by atoms with Crippen LogP contribution in [-0.2, 0) is 26.3 Å². The maximum absolute atomic E-state index is 13.2. The summed E-state index contributed by atoms with van der Waals surface area (Å²) in [5, 5.41) is 5.72. The summed E-state index contributed by atoms with van der Waals surface area (Å²) in [6, 6.07) is 13.8. The molecule has 0 bridgehead atoms. The quantitative estimate of drug-likeness (QED) is 0.322. The average Bonchev–Trinajstić information content (AvgIpc) is 3.56. The Morgan fingerprint density at radius 3 is 2.62 bits per heavy atom. The Bertz CT molecular complexity index is 1470. The van der Waals surface area contributed by atoms with Crippen LogP contribution in [0, 0.1) is 6.92 Å². The highest BCUT2D eigenvalue weighted by Gasteiger charge is 2.49. The zero-order valence-electron chi connectivity index (χ0n) is 21.7. The minimum absolute atomic E-state index is 0.166. The molecule has 3 heterocycles. The normalized spacial score (nSPS) is 17.8. The van der Waals surface area contributed by atoms with Crippen molar-refractivity contribution in [3.8, 4) is 11.5 Å². The van der Waals surface area contributed by atoms with Crippen LogP contribution in [0.3, 0.4) is 0 Å². The predicted molar refractivity (Wildman–Crippen MR) is 143 cm³/mol. The fraction of sp³-hybridized carbons (Fsp3) is 0.286. The number of rotatable bonds is 8. The molecule has 1 atom stereocenters. The van der Waals surface area contributed by atoms with Gasteiger partial charge < -0.3 is 24.8 Å². The van der Waals surface area contributed by atoms with Gasteiger partial charge in [0.1, 0.15) is 17.1 Å². The van der Waals surface area contributed by atoms with Crippen LogP contribution in [0.1, 0.15) is 45.8 Å². The van der Waals surface area contributed by atoms with E-state index in [1.165, 1.54) is 11.3 Å². The Hall–Kier alpha value is -4.38. The van der Waals surface area contributed by atoms with Gasteiger partial charge in [0.15, 0.2) is 11.5 Å². The minimum Gasteiger partial charge on any atom is -0.462 e. The molecule has 2 aliphatic heterocycles. The molecule has 1 unspecified atom stereocenters. The summed E-state index contributed by atoms with van der Waals surface area (Å²) >= 11 is 1.24. The van der Waals surface area contributed by atoms with Gasteiger partial charge in [-0.25, -0.2) is 9.59 Å². The molecule has 39 heavy (non-hydrogen) atoms. The molecule has 1 saturated heterocycles. The summed E-state index contributed by atoms with van der Waals surface area (Å²) in [4.78, 5) is 53.5. The van der Waals surface area contributed by atoms with Crippen molar-refractivity contribution in [2.75, 3.05) is 25.3 Å². The van der Waals surface area contributed by atoms with Crippen molar-refractivity contribution in [1.82, 2.24) is 10.2 Å². The number of carbonyl (C=O) groups is 4. The van der Waals surface area contributed by atoms with Gasteiger partial charge in [-0.2, -0.15) is 0 Å². The first-order valence-corrected chi connectivity index (χ1v) is 13.2. The first-order chi connectivity index (χ1) is 18.7. The number of thiophene rings is 1. The lowest BCUT2D eigenvalue weighted by Crippen LogP contribution is -2.42. The van der Waals surface area contributed by atoms with Gasteiger partial charge in [-0.1, -0.05) is 36.4 Å². The van der Waals surface area contributed by atoms with Gasteiger partial charge in [-0.05, 0) is 49.6 Å². The molecule has 1 fully saturated rings. The summed E-state index contributed by atoms with van der Waals surface area (Å²) in [5.74, 6) is -0.393. The molecular formula is C28H27N3O7S. The summed E-state index contributed by atoms with van der Waals surface area (Å²) < 4.78 is 16.1. The number of nitrogens with zero attached hydrogens (tertiary/aromatic N) is 1. The number of imide groups is 1. The Kier molecular flexibility index (Phi) is 7.00. The number of urea groups is 1. The molecule has 1 aromatic heterocycles. The summed E-state index contributed by atoms with van der Waals surface area (Å²) in [7, 11) is 0. The first kappa shape index (κ1) is 26.2. The van der Waals surface area contributed by atoms with E-state index in [2.05, 4.69) is 10.6 Å². The standard InChI is InChI=1S/C28H27N3O7S/c1-4-36-25(33)23-16(2)21(13-17-10-11-19-20(12-17)38-15-37-19)39-24(23)29-22(32)14-31-26(34)28(3,30-27(31)35)18-8-6-5-7-9-18/h5-12H,4,13-15H2,1-3H3,(H,29,32)(H,30,35). The summed E-state index contributed by atoms with van der Waals surface area (Å²) in [5.41, 5.74) is 1.19. The lowest BCUT2D eigenvalue weighted by atomic mass is 9.92. The van der Waals surface area contributed by atoms with E-state index in [9.17, 15) is 19.2 Å². The third kappa shape index (κ3) is 4.92. The molecule has 5 rings (SSSR count). The second kappa shape index (κ2) is 10.4. The molecule has 0 saturated carbocycles. The molecule has 4 amide bonds. The number of esters is 1. The Morgan fingerprint density at radius 1 is 1.13 bits per heavy atom. The lowest BCUT2D eigenvalue weighted by Gasteiger charge is -2.22. The average molecular weight is 550 g/mol. The number of ether oxygens (including phenoxy) is 3. The largest absolute Gasteiger partial charge is 0.462 e. The van der Waals surface area contributed by atoms with Crippen LogP contribution in [-0.4, -0.2) is 48.7 Å². The van der Waals surface area contributed by atoms with Gasteiger partial charge in [0.05, 0.1) is 12.2 Å². The zero-order chi connectivity index (χ0) is 27.7. The zero-order valence-corrected chi connectivity index (χ0v) is 22.5. The van der Waals surface area contributed by atoms with Gasteiger partial charge in [0.2, 0.25) is 12.7 Å². The van der Waals surface area contributed by atoms with Crippen LogP contribution in [0.2, 0.25) is 0 Å². The summed E-state index contributed by atoms with van der Waals surface area (Å²) in [6.45, 7) is 4.92. The number of hydrogen-bond acceptors (Lipinski definition) is 8. The van der Waals surface area contributed by atoms with E-state index >= 15 is 0 Å². The number of hydrogen-bond donors (Lipinski definition) is 2. The van der Waals surface area contributed by atoms with Crippen LogP contribution in [0.5, 0.6) is 11.5 Å². The first-order valence-electron chi connectivity index (χ1n) is 12.4. The molecule has 0 spiro atoms. The van der Waals surface area contributed by atoms with Crippen molar-refractivity contribution < 1.29 is 33.4 Å². The van der Waals surface area contributed by atoms with E-state index in [1.54, 1.807) is 45.0 Å². The maximum Gasteiger partial charge on any atom is 0.341 e. The smallest absolute Gasteiger partial charge is 0.341 e. The SMILES string of the molecule is CCOC(=O)c1c(NC(=O)CN2C(=O)NC(C)(c3ccccc3)C2=O)sc(Cc2ccc3c(c2)OCO3)c1C. The van der Waals surface area contributed by atoms with Gasteiger partial charge in [0.25, 0.3) is 5.91 Å². The van der Waals surface area contributed by atoms with Crippen LogP contribution in [0.15, 0.2) is 48.5 Å². The summed E-state index contributed by atoms with van der Waals surface area (Å²) in [6.07, 6.45) is 0.484. The van der Waals surface area contributed by atoms with E-state index in [0.29, 0.717) is 34.0 Å². The maximum atomic E-state index is 13.2. The fourth-order valence-electron chi connectivity index (χ4n) is 4.62. The lowest BCUT2D eigenvalue weighted by molar-refractivity contribution is -0.133. The van der Waals surface area contributed by atoms with E-state index in [1.807, 2.05) is 24.3 Å².